The molecule has 0 fully saturated rings. The third kappa shape index (κ3) is 4.60. The lowest BCUT2D eigenvalue weighted by molar-refractivity contribution is 0.598. The van der Waals surface area contributed by atoms with Crippen LogP contribution in [0.3, 0.4) is 0 Å². The van der Waals surface area contributed by atoms with Crippen molar-refractivity contribution < 1.29 is 0 Å². The second kappa shape index (κ2) is 11.5. The summed E-state index contributed by atoms with van der Waals surface area (Å²) in [6.45, 7) is 9.74. The SMILES string of the molecule is CC1(C)c2cc(-c3cccc4ccccc34)ccc2N2c3ccc(-c4cccc5ccccc45)cc3C(C)(C)c3cc(-c4cccc5ccccc45)cc1c32. The minimum atomic E-state index is -0.270. The number of fused-ring (bicyclic) bond motifs is 7. The molecule has 2 heterocycles. The van der Waals surface area contributed by atoms with Crippen LogP contribution in [-0.2, 0) is 10.8 Å². The first-order valence-electron chi connectivity index (χ1n) is 19.5. The number of anilines is 3. The molecule has 1 heteroatoms. The maximum atomic E-state index is 2.60. The van der Waals surface area contributed by atoms with Gasteiger partial charge in [-0.25, -0.2) is 0 Å². The number of nitrogens with zero attached hydrogens (tertiary/aromatic N) is 1. The van der Waals surface area contributed by atoms with Gasteiger partial charge in [0.15, 0.2) is 0 Å². The Hall–Kier alpha value is -6.44. The van der Waals surface area contributed by atoms with Crippen LogP contribution >= 0.6 is 0 Å². The maximum Gasteiger partial charge on any atom is 0.0544 e. The topological polar surface area (TPSA) is 3.24 Å². The van der Waals surface area contributed by atoms with Crippen molar-refractivity contribution in [3.05, 3.63) is 198 Å². The average Bonchev–Trinajstić information content (AvgIpc) is 3.22. The molecule has 1 nitrogen and oxygen atoms in total. The van der Waals surface area contributed by atoms with Crippen LogP contribution < -0.4 is 4.90 Å². The molecular weight excluding hydrogens is 663 g/mol. The van der Waals surface area contributed by atoms with Crippen molar-refractivity contribution in [2.24, 2.45) is 0 Å². The molecule has 9 aromatic carbocycles. The Labute approximate surface area is 323 Å². The highest BCUT2D eigenvalue weighted by atomic mass is 15.2. The molecule has 0 atom stereocenters. The van der Waals surface area contributed by atoms with Gasteiger partial charge >= 0.3 is 0 Å². The Morgan fingerprint density at radius 2 is 0.673 bits per heavy atom. The first-order chi connectivity index (χ1) is 26.8. The highest BCUT2D eigenvalue weighted by molar-refractivity contribution is 6.03. The summed E-state index contributed by atoms with van der Waals surface area (Å²) in [5.41, 5.74) is 16.3. The maximum absolute atomic E-state index is 2.60. The van der Waals surface area contributed by atoms with Crippen molar-refractivity contribution in [2.75, 3.05) is 4.90 Å². The van der Waals surface area contributed by atoms with Gasteiger partial charge < -0.3 is 4.90 Å². The van der Waals surface area contributed by atoms with Crippen molar-refractivity contribution in [2.45, 2.75) is 38.5 Å². The molecule has 2 aliphatic rings. The van der Waals surface area contributed by atoms with Gasteiger partial charge in [-0.1, -0.05) is 167 Å². The van der Waals surface area contributed by atoms with E-state index in [4.69, 9.17) is 0 Å². The van der Waals surface area contributed by atoms with Gasteiger partial charge in [0.25, 0.3) is 0 Å². The molecule has 0 radical (unpaired) electrons. The van der Waals surface area contributed by atoms with Crippen molar-refractivity contribution in [3.8, 4) is 33.4 Å². The molecule has 0 aromatic heterocycles. The Morgan fingerprint density at radius 1 is 0.327 bits per heavy atom. The van der Waals surface area contributed by atoms with Crippen molar-refractivity contribution in [1.82, 2.24) is 0 Å². The fraction of sp³-hybridized carbons (Fsp3) is 0.111. The summed E-state index contributed by atoms with van der Waals surface area (Å²) in [5, 5.41) is 7.65. The van der Waals surface area contributed by atoms with E-state index in [-0.39, 0.29) is 10.8 Å². The summed E-state index contributed by atoms with van der Waals surface area (Å²) < 4.78 is 0. The molecule has 55 heavy (non-hydrogen) atoms. The van der Waals surface area contributed by atoms with Gasteiger partial charge in [-0.15, -0.1) is 0 Å². The number of benzene rings is 9. The molecule has 9 aromatic rings. The lowest BCUT2D eigenvalue weighted by Gasteiger charge is -2.50. The standard InChI is InChI=1S/C54H41N/c1-53(2)46-30-37(43-23-11-17-34-14-5-8-20-40(34)43)26-28-50(46)55-51-29-27-38(44-24-12-18-35-15-6-9-21-41(35)44)31-47(51)54(3,4)49-33-39(32-48(53)52(49)55)45-25-13-19-36-16-7-10-22-42(36)45/h5-33H,1-4H3. The average molecular weight is 704 g/mol. The zero-order valence-corrected chi connectivity index (χ0v) is 31.7. The molecule has 0 N–H and O–H groups in total. The number of hydrogen-bond acceptors (Lipinski definition) is 1. The van der Waals surface area contributed by atoms with Gasteiger partial charge in [0.1, 0.15) is 0 Å². The molecule has 262 valence electrons. The van der Waals surface area contributed by atoms with Crippen LogP contribution in [-0.4, -0.2) is 0 Å². The predicted octanol–water partition coefficient (Wildman–Crippen LogP) is 14.9. The molecular formula is C54H41N. The van der Waals surface area contributed by atoms with E-state index in [0.717, 1.165) is 0 Å². The first-order valence-corrected chi connectivity index (χ1v) is 19.5. The van der Waals surface area contributed by atoms with Gasteiger partial charge in [0.05, 0.1) is 17.1 Å². The van der Waals surface area contributed by atoms with Crippen LogP contribution in [0.1, 0.15) is 49.9 Å². The summed E-state index contributed by atoms with van der Waals surface area (Å²) in [4.78, 5) is 2.60. The summed E-state index contributed by atoms with van der Waals surface area (Å²) in [7, 11) is 0. The Bertz CT molecular complexity index is 2870. The minimum Gasteiger partial charge on any atom is -0.309 e. The van der Waals surface area contributed by atoms with Gasteiger partial charge in [0, 0.05) is 10.8 Å². The summed E-state index contributed by atoms with van der Waals surface area (Å²) >= 11 is 0. The van der Waals surface area contributed by atoms with Crippen LogP contribution in [0.4, 0.5) is 17.1 Å². The number of hydrogen-bond donors (Lipinski definition) is 0. The third-order valence-corrected chi connectivity index (χ3v) is 12.8. The van der Waals surface area contributed by atoms with Crippen LogP contribution in [0, 0.1) is 0 Å². The molecule has 2 aliphatic heterocycles. The van der Waals surface area contributed by atoms with E-state index in [1.54, 1.807) is 0 Å². The molecule has 0 aliphatic carbocycles. The van der Waals surface area contributed by atoms with Crippen molar-refractivity contribution >= 4 is 49.4 Å². The van der Waals surface area contributed by atoms with E-state index in [9.17, 15) is 0 Å². The van der Waals surface area contributed by atoms with Crippen molar-refractivity contribution in [3.63, 3.8) is 0 Å². The summed E-state index contributed by atoms with van der Waals surface area (Å²) in [6, 6.07) is 65.9. The largest absolute Gasteiger partial charge is 0.309 e. The van der Waals surface area contributed by atoms with Gasteiger partial charge in [-0.3, -0.25) is 0 Å². The molecule has 0 spiro atoms. The van der Waals surface area contributed by atoms with Gasteiger partial charge in [0.2, 0.25) is 0 Å². The second-order valence-corrected chi connectivity index (χ2v) is 16.5. The van der Waals surface area contributed by atoms with Gasteiger partial charge in [-0.05, 0) is 124 Å². The molecule has 11 rings (SSSR count). The van der Waals surface area contributed by atoms with E-state index >= 15 is 0 Å². The fourth-order valence-electron chi connectivity index (χ4n) is 9.87. The van der Waals surface area contributed by atoms with Crippen LogP contribution in [0.15, 0.2) is 176 Å². The quantitative estimate of drug-likeness (QED) is 0.177. The minimum absolute atomic E-state index is 0.270. The zero-order chi connectivity index (χ0) is 37.1. The predicted molar refractivity (Wildman–Crippen MR) is 234 cm³/mol. The number of rotatable bonds is 3. The Balaban J connectivity index is 1.20. The van der Waals surface area contributed by atoms with Gasteiger partial charge in [-0.2, -0.15) is 0 Å². The van der Waals surface area contributed by atoms with E-state index in [2.05, 4.69) is 209 Å². The lowest BCUT2D eigenvalue weighted by Crippen LogP contribution is -2.38. The smallest absolute Gasteiger partial charge is 0.0544 e. The molecule has 0 amide bonds. The molecule has 0 bridgehead atoms. The molecule has 0 saturated carbocycles. The van der Waals surface area contributed by atoms with Crippen LogP contribution in [0.5, 0.6) is 0 Å². The van der Waals surface area contributed by atoms with E-state index in [1.807, 2.05) is 0 Å². The summed E-state index contributed by atoms with van der Waals surface area (Å²) in [6.07, 6.45) is 0. The molecule has 0 saturated heterocycles. The van der Waals surface area contributed by atoms with E-state index in [0.29, 0.717) is 0 Å². The molecule has 0 unspecified atom stereocenters. The third-order valence-electron chi connectivity index (χ3n) is 12.8. The fourth-order valence-corrected chi connectivity index (χ4v) is 9.87. The van der Waals surface area contributed by atoms with E-state index < -0.39 is 0 Å². The highest BCUT2D eigenvalue weighted by Crippen LogP contribution is 2.61. The Morgan fingerprint density at radius 3 is 1.09 bits per heavy atom. The van der Waals surface area contributed by atoms with E-state index in [1.165, 1.54) is 105 Å². The summed E-state index contributed by atoms with van der Waals surface area (Å²) in [5.74, 6) is 0. The van der Waals surface area contributed by atoms with Crippen LogP contribution in [0.25, 0.3) is 65.7 Å². The highest BCUT2D eigenvalue weighted by Gasteiger charge is 2.46. The second-order valence-electron chi connectivity index (χ2n) is 16.5. The lowest BCUT2D eigenvalue weighted by atomic mass is 9.65. The first kappa shape index (κ1) is 32.0. The normalized spacial score (nSPS) is 14.8. The Kier molecular flexibility index (Phi) is 6.72. The van der Waals surface area contributed by atoms with Crippen molar-refractivity contribution in [1.29, 1.82) is 0 Å². The monoisotopic (exact) mass is 703 g/mol. The zero-order valence-electron chi connectivity index (χ0n) is 31.7. The van der Waals surface area contributed by atoms with Crippen LogP contribution in [0.2, 0.25) is 0 Å².